The Hall–Kier alpha value is -3.01. The van der Waals surface area contributed by atoms with Crippen molar-refractivity contribution in [3.8, 4) is 0 Å². The molecular weight excluding hydrogens is 334 g/mol. The van der Waals surface area contributed by atoms with Gasteiger partial charge in [-0.15, -0.1) is 0 Å². The molecule has 1 saturated heterocycles. The van der Waals surface area contributed by atoms with Gasteiger partial charge in [0.25, 0.3) is 11.6 Å². The van der Waals surface area contributed by atoms with E-state index in [4.69, 9.17) is 4.74 Å². The summed E-state index contributed by atoms with van der Waals surface area (Å²) in [5.74, 6) is -1.36. The van der Waals surface area contributed by atoms with E-state index in [1.54, 1.807) is 0 Å². The van der Waals surface area contributed by atoms with Crippen molar-refractivity contribution in [3.05, 3.63) is 39.9 Å². The van der Waals surface area contributed by atoms with Crippen LogP contribution in [0.4, 0.5) is 10.5 Å². The summed E-state index contributed by atoms with van der Waals surface area (Å²) in [7, 11) is 0. The number of β-amino-alcohol motifs (C(OH)–C–C–N with tert-alkyl or cyclic N) is 1. The average molecular weight is 351 g/mol. The number of amides is 3. The third kappa shape index (κ3) is 4.10. The molecule has 1 atom stereocenters. The van der Waals surface area contributed by atoms with Gasteiger partial charge >= 0.3 is 12.0 Å². The largest absolute Gasteiger partial charge is 0.459 e. The average Bonchev–Trinajstić information content (AvgIpc) is 2.74. The van der Waals surface area contributed by atoms with Crippen molar-refractivity contribution in [1.29, 1.82) is 0 Å². The van der Waals surface area contributed by atoms with Crippen LogP contribution in [-0.2, 0) is 9.53 Å². The maximum absolute atomic E-state index is 12.0. The molecule has 1 fully saturated rings. The second-order valence-corrected chi connectivity index (χ2v) is 6.03. The fraction of sp³-hybridized carbons (Fsp3) is 0.400. The van der Waals surface area contributed by atoms with Crippen LogP contribution in [-0.4, -0.2) is 57.6 Å². The molecule has 2 N–H and O–H groups in total. The van der Waals surface area contributed by atoms with E-state index in [-0.39, 0.29) is 17.8 Å². The monoisotopic (exact) mass is 351 g/mol. The van der Waals surface area contributed by atoms with Crippen molar-refractivity contribution in [2.45, 2.75) is 25.5 Å². The van der Waals surface area contributed by atoms with Crippen LogP contribution in [0, 0.1) is 10.1 Å². The minimum absolute atomic E-state index is 0.0440. The van der Waals surface area contributed by atoms with Crippen molar-refractivity contribution in [2.75, 3.05) is 13.2 Å². The number of nitrogens with one attached hydrogen (secondary N) is 1. The highest BCUT2D eigenvalue weighted by atomic mass is 16.6. The molecule has 134 valence electrons. The van der Waals surface area contributed by atoms with Crippen LogP contribution < -0.4 is 5.32 Å². The van der Waals surface area contributed by atoms with E-state index in [1.807, 2.05) is 0 Å². The summed E-state index contributed by atoms with van der Waals surface area (Å²) >= 11 is 0. The number of benzene rings is 1. The third-order valence-corrected chi connectivity index (χ3v) is 3.54. The van der Waals surface area contributed by atoms with E-state index in [2.05, 4.69) is 5.32 Å². The zero-order valence-corrected chi connectivity index (χ0v) is 13.6. The van der Waals surface area contributed by atoms with E-state index >= 15 is 0 Å². The molecule has 2 rings (SSSR count). The summed E-state index contributed by atoms with van der Waals surface area (Å²) in [6, 6.07) is 4.31. The summed E-state index contributed by atoms with van der Waals surface area (Å²) in [6.07, 6.45) is -1.29. The molecule has 0 radical (unpaired) electrons. The molecule has 1 aliphatic rings. The Labute approximate surface area is 142 Å². The summed E-state index contributed by atoms with van der Waals surface area (Å²) < 4.78 is 4.88. The lowest BCUT2D eigenvalue weighted by atomic mass is 10.1. The predicted molar refractivity (Wildman–Crippen MR) is 83.7 cm³/mol. The number of rotatable bonds is 6. The van der Waals surface area contributed by atoms with E-state index in [1.165, 1.54) is 32.0 Å². The number of aliphatic hydroxyl groups excluding tert-OH is 1. The summed E-state index contributed by atoms with van der Waals surface area (Å²) in [5, 5.41) is 23.0. The lowest BCUT2D eigenvalue weighted by Crippen LogP contribution is -2.42. The third-order valence-electron chi connectivity index (χ3n) is 3.54. The molecule has 1 unspecified atom stereocenters. The molecule has 1 aromatic rings. The van der Waals surface area contributed by atoms with Gasteiger partial charge in [0.2, 0.25) is 0 Å². The number of hydrogen-bond donors (Lipinski definition) is 2. The Morgan fingerprint density at radius 1 is 1.44 bits per heavy atom. The number of aliphatic hydroxyl groups is 1. The van der Waals surface area contributed by atoms with Gasteiger partial charge in [-0.05, 0) is 19.9 Å². The molecule has 1 heterocycles. The standard InChI is InChI=1S/C15H17N3O7/c1-15(2)13(21)17(14(22)16-15)7-11(19)8-25-12(20)9-4-3-5-10(6-9)18(23)24/h3-6,11,19H,7-8H2,1-2H3,(H,16,22). The highest BCUT2D eigenvalue weighted by Crippen LogP contribution is 2.17. The number of carbonyl (C=O) groups excluding carboxylic acids is 3. The van der Waals surface area contributed by atoms with E-state index < -0.39 is 41.1 Å². The molecule has 10 heteroatoms. The fourth-order valence-corrected chi connectivity index (χ4v) is 2.25. The Bertz CT molecular complexity index is 732. The number of nitrogens with zero attached hydrogens (tertiary/aromatic N) is 2. The molecule has 0 saturated carbocycles. The number of nitro benzene ring substituents is 1. The van der Waals surface area contributed by atoms with Gasteiger partial charge in [-0.3, -0.25) is 19.8 Å². The second kappa shape index (κ2) is 6.85. The lowest BCUT2D eigenvalue weighted by molar-refractivity contribution is -0.384. The Morgan fingerprint density at radius 3 is 2.68 bits per heavy atom. The molecule has 0 bridgehead atoms. The van der Waals surface area contributed by atoms with Crippen molar-refractivity contribution >= 4 is 23.6 Å². The maximum atomic E-state index is 12.0. The minimum atomic E-state index is -1.29. The molecular formula is C15H17N3O7. The lowest BCUT2D eigenvalue weighted by Gasteiger charge is -2.19. The number of ether oxygens (including phenoxy) is 1. The van der Waals surface area contributed by atoms with Crippen LogP contribution >= 0.6 is 0 Å². The van der Waals surface area contributed by atoms with Gasteiger partial charge in [0.05, 0.1) is 17.0 Å². The summed E-state index contributed by atoms with van der Waals surface area (Å²) in [6.45, 7) is 2.25. The first-order valence-corrected chi connectivity index (χ1v) is 7.35. The molecule has 0 aromatic heterocycles. The fourth-order valence-electron chi connectivity index (χ4n) is 2.25. The zero-order chi connectivity index (χ0) is 18.8. The molecule has 25 heavy (non-hydrogen) atoms. The minimum Gasteiger partial charge on any atom is -0.459 e. The first kappa shape index (κ1) is 18.3. The van der Waals surface area contributed by atoms with Crippen molar-refractivity contribution in [1.82, 2.24) is 10.2 Å². The molecule has 1 aromatic carbocycles. The van der Waals surface area contributed by atoms with Gasteiger partial charge in [-0.25, -0.2) is 9.59 Å². The SMILES string of the molecule is CC1(C)NC(=O)N(CC(O)COC(=O)c2cccc([N+](=O)[O-])c2)C1=O. The van der Waals surface area contributed by atoms with E-state index in [0.717, 1.165) is 11.0 Å². The Balaban J connectivity index is 1.92. The van der Waals surface area contributed by atoms with Gasteiger partial charge in [0.15, 0.2) is 0 Å². The highest BCUT2D eigenvalue weighted by molar-refractivity contribution is 6.06. The molecule has 10 nitrogen and oxygen atoms in total. The van der Waals surface area contributed by atoms with E-state index in [9.17, 15) is 29.6 Å². The van der Waals surface area contributed by atoms with Crippen LogP contribution in [0.15, 0.2) is 24.3 Å². The predicted octanol–water partition coefficient (Wildman–Crippen LogP) is 0.443. The van der Waals surface area contributed by atoms with E-state index in [0.29, 0.717) is 0 Å². The molecule has 0 aliphatic carbocycles. The van der Waals surface area contributed by atoms with Gasteiger partial charge in [0, 0.05) is 12.1 Å². The van der Waals surface area contributed by atoms with Crippen LogP contribution in [0.1, 0.15) is 24.2 Å². The quantitative estimate of drug-likeness (QED) is 0.328. The Kier molecular flexibility index (Phi) is 5.02. The van der Waals surface area contributed by atoms with Gasteiger partial charge in [0.1, 0.15) is 18.2 Å². The summed E-state index contributed by atoms with van der Waals surface area (Å²) in [5.41, 5.74) is -1.37. The van der Waals surface area contributed by atoms with Crippen molar-refractivity contribution < 1.29 is 29.2 Å². The Morgan fingerprint density at radius 2 is 2.12 bits per heavy atom. The number of hydrogen-bond acceptors (Lipinski definition) is 7. The molecule has 1 aliphatic heterocycles. The molecule has 3 amide bonds. The number of nitro groups is 1. The van der Waals surface area contributed by atoms with Crippen LogP contribution in [0.3, 0.4) is 0 Å². The maximum Gasteiger partial charge on any atom is 0.338 e. The van der Waals surface area contributed by atoms with Gasteiger partial charge in [-0.2, -0.15) is 0 Å². The van der Waals surface area contributed by atoms with Crippen LogP contribution in [0.25, 0.3) is 0 Å². The highest BCUT2D eigenvalue weighted by Gasteiger charge is 2.44. The number of esters is 1. The zero-order valence-electron chi connectivity index (χ0n) is 13.6. The van der Waals surface area contributed by atoms with Gasteiger partial charge in [-0.1, -0.05) is 6.07 Å². The first-order valence-electron chi connectivity index (χ1n) is 7.35. The number of carbonyl (C=O) groups is 3. The molecule has 0 spiro atoms. The van der Waals surface area contributed by atoms with Crippen molar-refractivity contribution in [2.24, 2.45) is 0 Å². The normalized spacial score (nSPS) is 17.2. The topological polar surface area (TPSA) is 139 Å². The number of non-ortho nitro benzene ring substituents is 1. The van der Waals surface area contributed by atoms with Crippen molar-refractivity contribution in [3.63, 3.8) is 0 Å². The number of urea groups is 1. The first-order chi connectivity index (χ1) is 11.6. The smallest absolute Gasteiger partial charge is 0.338 e. The van der Waals surface area contributed by atoms with Crippen LogP contribution in [0.2, 0.25) is 0 Å². The van der Waals surface area contributed by atoms with Gasteiger partial charge < -0.3 is 15.2 Å². The second-order valence-electron chi connectivity index (χ2n) is 6.03. The van der Waals surface area contributed by atoms with Crippen LogP contribution in [0.5, 0.6) is 0 Å². The summed E-state index contributed by atoms with van der Waals surface area (Å²) in [4.78, 5) is 46.5. The number of imide groups is 1.